The lowest BCUT2D eigenvalue weighted by atomic mass is 9.98. The van der Waals surface area contributed by atoms with Crippen molar-refractivity contribution < 1.29 is 19.1 Å². The van der Waals surface area contributed by atoms with Gasteiger partial charge in [-0.05, 0) is 25.0 Å². The first kappa shape index (κ1) is 16.0. The minimum Gasteiger partial charge on any atom is -0.497 e. The quantitative estimate of drug-likeness (QED) is 0.811. The molecule has 116 valence electrons. The maximum Gasteiger partial charge on any atom is 0.249 e. The van der Waals surface area contributed by atoms with Gasteiger partial charge in [-0.15, -0.1) is 0 Å². The van der Waals surface area contributed by atoms with Crippen molar-refractivity contribution in [2.75, 3.05) is 19.0 Å². The maximum atomic E-state index is 12.1. The fourth-order valence-corrected chi connectivity index (χ4v) is 2.34. The zero-order chi connectivity index (χ0) is 15.9. The molecule has 6 heteroatoms. The van der Waals surface area contributed by atoms with Crippen molar-refractivity contribution in [1.82, 2.24) is 0 Å². The molecule has 0 radical (unpaired) electrons. The molecule has 1 aliphatic heterocycles. The number of ether oxygens (including phenoxy) is 2. The van der Waals surface area contributed by atoms with E-state index >= 15 is 0 Å². The van der Waals surface area contributed by atoms with Crippen LogP contribution in [0.4, 0.5) is 5.69 Å². The van der Waals surface area contributed by atoms with Gasteiger partial charge in [-0.2, -0.15) is 5.26 Å². The first-order chi connectivity index (χ1) is 10.6. The average Bonchev–Trinajstić information content (AvgIpc) is 3.01. The minimum atomic E-state index is -1.32. The van der Waals surface area contributed by atoms with Crippen molar-refractivity contribution in [3.8, 4) is 11.8 Å². The number of methoxy groups -OCH3 is 1. The van der Waals surface area contributed by atoms with Gasteiger partial charge in [0.15, 0.2) is 11.7 Å². The number of nitrogens with zero attached hydrogens (tertiary/aromatic N) is 1. The number of ketones is 1. The molecule has 0 bridgehead atoms. The predicted molar refractivity (Wildman–Crippen MR) is 79.3 cm³/mol. The molecule has 0 saturated carbocycles. The second-order valence-corrected chi connectivity index (χ2v) is 5.09. The summed E-state index contributed by atoms with van der Waals surface area (Å²) in [6, 6.07) is 8.51. The van der Waals surface area contributed by atoms with Gasteiger partial charge < -0.3 is 14.8 Å². The zero-order valence-electron chi connectivity index (χ0n) is 12.4. The Bertz CT molecular complexity index is 588. The van der Waals surface area contributed by atoms with Crippen molar-refractivity contribution in [3.63, 3.8) is 0 Å². The molecule has 1 aromatic rings. The van der Waals surface area contributed by atoms with Gasteiger partial charge in [0.25, 0.3) is 0 Å². The number of rotatable bonds is 6. The van der Waals surface area contributed by atoms with Crippen molar-refractivity contribution in [2.45, 2.75) is 25.4 Å². The van der Waals surface area contributed by atoms with Gasteiger partial charge in [0.1, 0.15) is 5.75 Å². The molecule has 1 saturated heterocycles. The van der Waals surface area contributed by atoms with E-state index in [1.165, 1.54) is 7.11 Å². The molecular formula is C16H18N2O4. The van der Waals surface area contributed by atoms with Crippen LogP contribution in [0.5, 0.6) is 5.75 Å². The van der Waals surface area contributed by atoms with Crippen molar-refractivity contribution in [3.05, 3.63) is 24.3 Å². The Morgan fingerprint density at radius 1 is 1.55 bits per heavy atom. The number of benzene rings is 1. The number of hydrogen-bond acceptors (Lipinski definition) is 5. The molecule has 0 spiro atoms. The van der Waals surface area contributed by atoms with Crippen LogP contribution < -0.4 is 10.1 Å². The molecule has 1 N–H and O–H groups in total. The van der Waals surface area contributed by atoms with E-state index in [9.17, 15) is 9.59 Å². The van der Waals surface area contributed by atoms with Crippen LogP contribution in [-0.4, -0.2) is 31.5 Å². The van der Waals surface area contributed by atoms with Crippen LogP contribution >= 0.6 is 0 Å². The van der Waals surface area contributed by atoms with E-state index in [4.69, 9.17) is 14.7 Å². The molecule has 1 aliphatic rings. The summed E-state index contributed by atoms with van der Waals surface area (Å²) in [7, 11) is 1.52. The smallest absolute Gasteiger partial charge is 0.249 e. The summed E-state index contributed by atoms with van der Waals surface area (Å²) < 4.78 is 10.4. The van der Waals surface area contributed by atoms with Gasteiger partial charge in [-0.3, -0.25) is 9.59 Å². The van der Waals surface area contributed by atoms with Crippen molar-refractivity contribution in [1.29, 1.82) is 5.26 Å². The molecule has 1 aromatic carbocycles. The number of hydrogen-bond donors (Lipinski definition) is 1. The lowest BCUT2D eigenvalue weighted by Gasteiger charge is -2.12. The molecule has 2 rings (SSSR count). The molecule has 2 unspecified atom stereocenters. The van der Waals surface area contributed by atoms with E-state index in [0.29, 0.717) is 18.0 Å². The molecule has 1 fully saturated rings. The lowest BCUT2D eigenvalue weighted by Crippen LogP contribution is -2.30. The van der Waals surface area contributed by atoms with Crippen LogP contribution in [0.15, 0.2) is 24.3 Å². The van der Waals surface area contributed by atoms with Crippen LogP contribution in [0.1, 0.15) is 19.3 Å². The molecule has 0 aliphatic carbocycles. The van der Waals surface area contributed by atoms with Gasteiger partial charge in [0, 0.05) is 24.8 Å². The van der Waals surface area contributed by atoms with E-state index in [2.05, 4.69) is 5.32 Å². The Morgan fingerprint density at radius 3 is 3.00 bits per heavy atom. The lowest BCUT2D eigenvalue weighted by molar-refractivity contribution is -0.130. The Kier molecular flexibility index (Phi) is 5.50. The summed E-state index contributed by atoms with van der Waals surface area (Å²) >= 11 is 0. The number of amides is 1. The molecule has 0 aromatic heterocycles. The van der Waals surface area contributed by atoms with Crippen molar-refractivity contribution in [2.24, 2.45) is 5.92 Å². The Labute approximate surface area is 129 Å². The number of nitriles is 1. The molecule has 6 nitrogen and oxygen atoms in total. The first-order valence-corrected chi connectivity index (χ1v) is 7.13. The fraction of sp³-hybridized carbons (Fsp3) is 0.438. The summed E-state index contributed by atoms with van der Waals surface area (Å²) in [6.07, 6.45) is 1.63. The number of carbonyl (C=O) groups is 2. The molecule has 1 heterocycles. The summed E-state index contributed by atoms with van der Waals surface area (Å²) in [5, 5.41) is 11.7. The number of Topliss-reactive ketones (excluding diaryl/α,β-unsaturated/α-hetero) is 1. The van der Waals surface area contributed by atoms with E-state index in [-0.39, 0.29) is 12.5 Å². The van der Waals surface area contributed by atoms with Gasteiger partial charge in [0.2, 0.25) is 5.91 Å². The van der Waals surface area contributed by atoms with Crippen LogP contribution in [-0.2, 0) is 14.3 Å². The normalized spacial score (nSPS) is 18.3. The topological polar surface area (TPSA) is 88.4 Å². The number of carbonyl (C=O) groups excluding carboxylic acids is 2. The van der Waals surface area contributed by atoms with Gasteiger partial charge in [-0.25, -0.2) is 0 Å². The first-order valence-electron chi connectivity index (χ1n) is 7.13. The van der Waals surface area contributed by atoms with Crippen molar-refractivity contribution >= 4 is 17.4 Å². The van der Waals surface area contributed by atoms with Gasteiger partial charge >= 0.3 is 0 Å². The standard InChI is InChI=1S/C16H18N2O4/c1-21-12-5-2-4-11(8-12)18-16(20)14(10-17)15(19)9-13-6-3-7-22-13/h2,4-5,8,13-14H,3,6-7,9H2,1H3,(H,18,20). The van der Waals surface area contributed by atoms with Gasteiger partial charge in [-0.1, -0.05) is 6.07 Å². The second-order valence-electron chi connectivity index (χ2n) is 5.09. The van der Waals surface area contributed by atoms with E-state index in [0.717, 1.165) is 12.8 Å². The Morgan fingerprint density at radius 2 is 2.36 bits per heavy atom. The summed E-state index contributed by atoms with van der Waals surface area (Å²) in [4.78, 5) is 24.2. The third kappa shape index (κ3) is 4.06. The zero-order valence-corrected chi connectivity index (χ0v) is 12.4. The summed E-state index contributed by atoms with van der Waals surface area (Å²) in [5.74, 6) is -1.78. The molecule has 2 atom stereocenters. The van der Waals surface area contributed by atoms with E-state index < -0.39 is 17.6 Å². The van der Waals surface area contributed by atoms with Crippen LogP contribution in [0.3, 0.4) is 0 Å². The molecular weight excluding hydrogens is 284 g/mol. The van der Waals surface area contributed by atoms with Crippen LogP contribution in [0, 0.1) is 17.2 Å². The average molecular weight is 302 g/mol. The minimum absolute atomic E-state index is 0.101. The maximum absolute atomic E-state index is 12.1. The fourth-order valence-electron chi connectivity index (χ4n) is 2.34. The predicted octanol–water partition coefficient (Wildman–Crippen LogP) is 1.91. The Hall–Kier alpha value is -2.39. The number of nitrogens with one attached hydrogen (secondary N) is 1. The monoisotopic (exact) mass is 302 g/mol. The highest BCUT2D eigenvalue weighted by Crippen LogP contribution is 2.20. The second kappa shape index (κ2) is 7.57. The Balaban J connectivity index is 1.98. The van der Waals surface area contributed by atoms with E-state index in [1.54, 1.807) is 30.3 Å². The van der Waals surface area contributed by atoms with E-state index in [1.807, 2.05) is 0 Å². The highest BCUT2D eigenvalue weighted by atomic mass is 16.5. The SMILES string of the molecule is COc1cccc(NC(=O)C(C#N)C(=O)CC2CCCO2)c1. The third-order valence-corrected chi connectivity index (χ3v) is 3.50. The molecule has 1 amide bonds. The molecule has 22 heavy (non-hydrogen) atoms. The highest BCUT2D eigenvalue weighted by molar-refractivity contribution is 6.09. The summed E-state index contributed by atoms with van der Waals surface area (Å²) in [5.41, 5.74) is 0.481. The summed E-state index contributed by atoms with van der Waals surface area (Å²) in [6.45, 7) is 0.630. The largest absolute Gasteiger partial charge is 0.497 e. The highest BCUT2D eigenvalue weighted by Gasteiger charge is 2.30. The number of anilines is 1. The third-order valence-electron chi connectivity index (χ3n) is 3.50. The van der Waals surface area contributed by atoms with Gasteiger partial charge in [0.05, 0.1) is 19.3 Å². The van der Waals surface area contributed by atoms with Crippen LogP contribution in [0.2, 0.25) is 0 Å². The van der Waals surface area contributed by atoms with Crippen LogP contribution in [0.25, 0.3) is 0 Å².